The monoisotopic (exact) mass is 282 g/mol. The van der Waals surface area contributed by atoms with Crippen LogP contribution in [-0.2, 0) is 11.3 Å². The normalized spacial score (nSPS) is 20.6. The van der Waals surface area contributed by atoms with E-state index >= 15 is 0 Å². The minimum atomic E-state index is -0.920. The van der Waals surface area contributed by atoms with E-state index in [0.29, 0.717) is 18.7 Å². The second-order valence-corrected chi connectivity index (χ2v) is 5.06. The molecule has 1 aromatic heterocycles. The smallest absolute Gasteiger partial charge is 0.201 e. The average Bonchev–Trinajstić information content (AvgIpc) is 2.72. The number of hydrogen-bond acceptors (Lipinski definition) is 4. The van der Waals surface area contributed by atoms with Crippen LogP contribution in [0.4, 0.5) is 14.7 Å². The molecule has 3 rings (SSSR count). The summed E-state index contributed by atoms with van der Waals surface area (Å²) in [7, 11) is 1.99. The molecule has 2 heterocycles. The van der Waals surface area contributed by atoms with Crippen LogP contribution in [0.15, 0.2) is 12.1 Å². The number of rotatable bonds is 2. The van der Waals surface area contributed by atoms with Gasteiger partial charge in [0.2, 0.25) is 5.95 Å². The lowest BCUT2D eigenvalue weighted by atomic mass is 10.2. The Morgan fingerprint density at radius 1 is 1.45 bits per heavy atom. The number of morpholine rings is 1. The van der Waals surface area contributed by atoms with Gasteiger partial charge in [0.25, 0.3) is 0 Å². The van der Waals surface area contributed by atoms with Crippen LogP contribution in [0, 0.1) is 11.6 Å². The first-order valence-corrected chi connectivity index (χ1v) is 6.46. The third-order valence-electron chi connectivity index (χ3n) is 3.56. The molecule has 108 valence electrons. The maximum Gasteiger partial charge on any atom is 0.201 e. The first kappa shape index (κ1) is 13.3. The zero-order valence-corrected chi connectivity index (χ0v) is 11.1. The SMILES string of the molecule is CN1CCOC(Cn2c(N)nc3ccc(F)c(F)c32)C1. The molecule has 2 N–H and O–H groups in total. The Bertz CT molecular complexity index is 643. The Balaban J connectivity index is 1.98. The summed E-state index contributed by atoms with van der Waals surface area (Å²) in [5.74, 6) is -1.66. The standard InChI is InChI=1S/C13H16F2N4O/c1-18-4-5-20-8(6-18)7-19-12-10(17-13(19)16)3-2-9(14)11(12)15/h2-3,8H,4-7H2,1H3,(H2,16,17). The largest absolute Gasteiger partial charge is 0.374 e. The first-order valence-electron chi connectivity index (χ1n) is 6.46. The van der Waals surface area contributed by atoms with Gasteiger partial charge in [-0.05, 0) is 19.2 Å². The summed E-state index contributed by atoms with van der Waals surface area (Å²) in [4.78, 5) is 6.19. The van der Waals surface area contributed by atoms with Crippen LogP contribution in [-0.4, -0.2) is 47.3 Å². The van der Waals surface area contributed by atoms with Crippen molar-refractivity contribution in [1.82, 2.24) is 14.5 Å². The summed E-state index contributed by atoms with van der Waals surface area (Å²) in [6.45, 7) is 2.55. The van der Waals surface area contributed by atoms with Gasteiger partial charge >= 0.3 is 0 Å². The minimum Gasteiger partial charge on any atom is -0.374 e. The van der Waals surface area contributed by atoms with Crippen molar-refractivity contribution in [3.8, 4) is 0 Å². The van der Waals surface area contributed by atoms with Crippen LogP contribution in [0.3, 0.4) is 0 Å². The molecule has 7 heteroatoms. The van der Waals surface area contributed by atoms with Crippen molar-refractivity contribution in [2.24, 2.45) is 0 Å². The van der Waals surface area contributed by atoms with E-state index in [0.717, 1.165) is 19.2 Å². The molecule has 5 nitrogen and oxygen atoms in total. The summed E-state index contributed by atoms with van der Waals surface area (Å²) in [6, 6.07) is 2.48. The van der Waals surface area contributed by atoms with E-state index in [9.17, 15) is 8.78 Å². The molecule has 1 aliphatic heterocycles. The van der Waals surface area contributed by atoms with Crippen molar-refractivity contribution in [2.45, 2.75) is 12.6 Å². The summed E-state index contributed by atoms with van der Waals surface area (Å²) >= 11 is 0. The van der Waals surface area contributed by atoms with Crippen molar-refractivity contribution in [1.29, 1.82) is 0 Å². The fourth-order valence-electron chi connectivity index (χ4n) is 2.54. The molecular formula is C13H16F2N4O. The van der Waals surface area contributed by atoms with Crippen LogP contribution in [0.1, 0.15) is 0 Å². The summed E-state index contributed by atoms with van der Waals surface area (Å²) in [5, 5.41) is 0. The number of nitrogens with two attached hydrogens (primary N) is 1. The number of ether oxygens (including phenoxy) is 1. The van der Waals surface area contributed by atoms with E-state index in [1.54, 1.807) is 0 Å². The van der Waals surface area contributed by atoms with Gasteiger partial charge in [0, 0.05) is 13.1 Å². The van der Waals surface area contributed by atoms with Gasteiger partial charge in [-0.2, -0.15) is 0 Å². The Morgan fingerprint density at radius 3 is 3.00 bits per heavy atom. The third-order valence-corrected chi connectivity index (χ3v) is 3.56. The van der Waals surface area contributed by atoms with Gasteiger partial charge in [0.15, 0.2) is 11.6 Å². The molecule has 1 aromatic carbocycles. The van der Waals surface area contributed by atoms with Crippen LogP contribution >= 0.6 is 0 Å². The molecule has 1 fully saturated rings. The predicted octanol–water partition coefficient (Wildman–Crippen LogP) is 1.23. The van der Waals surface area contributed by atoms with Gasteiger partial charge in [0.1, 0.15) is 5.52 Å². The Kier molecular flexibility index (Phi) is 3.31. The number of anilines is 1. The molecule has 0 saturated carbocycles. The Morgan fingerprint density at radius 2 is 2.25 bits per heavy atom. The molecule has 0 amide bonds. The van der Waals surface area contributed by atoms with Crippen LogP contribution in [0.5, 0.6) is 0 Å². The maximum atomic E-state index is 14.0. The van der Waals surface area contributed by atoms with Crippen LogP contribution in [0.25, 0.3) is 11.0 Å². The van der Waals surface area contributed by atoms with Crippen LogP contribution < -0.4 is 5.73 Å². The molecule has 1 atom stereocenters. The van der Waals surface area contributed by atoms with Crippen molar-refractivity contribution >= 4 is 17.0 Å². The molecule has 20 heavy (non-hydrogen) atoms. The van der Waals surface area contributed by atoms with E-state index in [-0.39, 0.29) is 17.6 Å². The molecule has 0 aliphatic carbocycles. The molecule has 0 spiro atoms. The van der Waals surface area contributed by atoms with Crippen molar-refractivity contribution in [3.63, 3.8) is 0 Å². The third kappa shape index (κ3) is 2.23. The molecule has 1 saturated heterocycles. The van der Waals surface area contributed by atoms with Crippen LogP contribution in [0.2, 0.25) is 0 Å². The number of imidazole rings is 1. The van der Waals surface area contributed by atoms with Gasteiger partial charge in [0.05, 0.1) is 24.8 Å². The van der Waals surface area contributed by atoms with E-state index in [1.807, 2.05) is 7.05 Å². The van der Waals surface area contributed by atoms with Crippen molar-refractivity contribution < 1.29 is 13.5 Å². The second-order valence-electron chi connectivity index (χ2n) is 5.06. The lowest BCUT2D eigenvalue weighted by Crippen LogP contribution is -2.42. The fraction of sp³-hybridized carbons (Fsp3) is 0.462. The molecule has 0 radical (unpaired) electrons. The topological polar surface area (TPSA) is 56.3 Å². The highest BCUT2D eigenvalue weighted by molar-refractivity contribution is 5.79. The minimum absolute atomic E-state index is 0.0966. The number of nitrogen functional groups attached to an aromatic ring is 1. The van der Waals surface area contributed by atoms with Gasteiger partial charge in [-0.1, -0.05) is 0 Å². The number of fused-ring (bicyclic) bond motifs is 1. The van der Waals surface area contributed by atoms with Gasteiger partial charge in [-0.25, -0.2) is 13.8 Å². The fourth-order valence-corrected chi connectivity index (χ4v) is 2.54. The molecule has 1 aliphatic rings. The van der Waals surface area contributed by atoms with Gasteiger partial charge in [-0.3, -0.25) is 0 Å². The summed E-state index contributed by atoms with van der Waals surface area (Å²) in [5.41, 5.74) is 6.27. The lowest BCUT2D eigenvalue weighted by Gasteiger charge is -2.30. The Hall–Kier alpha value is -1.73. The highest BCUT2D eigenvalue weighted by atomic mass is 19.2. The van der Waals surface area contributed by atoms with E-state index in [2.05, 4.69) is 9.88 Å². The maximum absolute atomic E-state index is 14.0. The number of aromatic nitrogens is 2. The zero-order valence-electron chi connectivity index (χ0n) is 11.1. The number of nitrogens with zero attached hydrogens (tertiary/aromatic N) is 3. The number of halogens is 2. The molecule has 2 aromatic rings. The highest BCUT2D eigenvalue weighted by Gasteiger charge is 2.22. The van der Waals surface area contributed by atoms with E-state index < -0.39 is 11.6 Å². The van der Waals surface area contributed by atoms with Gasteiger partial charge < -0.3 is 19.9 Å². The zero-order chi connectivity index (χ0) is 14.3. The first-order chi connectivity index (χ1) is 9.56. The van der Waals surface area contributed by atoms with E-state index in [4.69, 9.17) is 10.5 Å². The quantitative estimate of drug-likeness (QED) is 0.900. The molecule has 1 unspecified atom stereocenters. The molecular weight excluding hydrogens is 266 g/mol. The van der Waals surface area contributed by atoms with Crippen molar-refractivity contribution in [3.05, 3.63) is 23.8 Å². The van der Waals surface area contributed by atoms with E-state index in [1.165, 1.54) is 10.6 Å². The highest BCUT2D eigenvalue weighted by Crippen LogP contribution is 2.24. The summed E-state index contributed by atoms with van der Waals surface area (Å²) < 4.78 is 34.5. The number of likely N-dealkylation sites (N-methyl/N-ethyl adjacent to an activating group) is 1. The number of benzene rings is 1. The second kappa shape index (κ2) is 4.99. The van der Waals surface area contributed by atoms with Gasteiger partial charge in [-0.15, -0.1) is 0 Å². The predicted molar refractivity (Wildman–Crippen MR) is 71.3 cm³/mol. The molecule has 0 bridgehead atoms. The van der Waals surface area contributed by atoms with Crippen molar-refractivity contribution in [2.75, 3.05) is 32.5 Å². The lowest BCUT2D eigenvalue weighted by molar-refractivity contribution is -0.0267. The summed E-state index contributed by atoms with van der Waals surface area (Å²) in [6.07, 6.45) is -0.115. The average molecular weight is 282 g/mol. The Labute approximate surface area is 114 Å². The number of hydrogen-bond donors (Lipinski definition) is 1.